The maximum absolute atomic E-state index is 11.4. The molecule has 4 fully saturated rings. The van der Waals surface area contributed by atoms with Gasteiger partial charge in [-0.2, -0.15) is 0 Å². The lowest BCUT2D eigenvalue weighted by atomic mass is 9.47. The molecule has 5 rings (SSSR count). The van der Waals surface area contributed by atoms with E-state index in [9.17, 15) is 10.0 Å². The SMILES string of the molecule is CC(=O)OC1CC[C@@]2(C)C(=CC[C@@H]3[C@@H]2CC[C@@]2(C)[C@H]3CC3O[C@]32C(C)=NO)C1. The van der Waals surface area contributed by atoms with Crippen LogP contribution in [-0.4, -0.2) is 34.7 Å². The van der Waals surface area contributed by atoms with E-state index in [1.807, 2.05) is 6.92 Å². The molecule has 0 aromatic rings. The number of hydrogen-bond acceptors (Lipinski definition) is 5. The molecule has 0 amide bonds. The van der Waals surface area contributed by atoms with Gasteiger partial charge in [0.2, 0.25) is 0 Å². The van der Waals surface area contributed by atoms with Crippen LogP contribution in [0.25, 0.3) is 0 Å². The minimum atomic E-state index is -0.324. The van der Waals surface area contributed by atoms with Gasteiger partial charge in [0, 0.05) is 18.8 Å². The van der Waals surface area contributed by atoms with Gasteiger partial charge in [0.05, 0.1) is 11.8 Å². The number of epoxide rings is 1. The molecule has 5 heteroatoms. The van der Waals surface area contributed by atoms with Gasteiger partial charge in [0.25, 0.3) is 0 Å². The van der Waals surface area contributed by atoms with Crippen molar-refractivity contribution in [2.45, 2.75) is 90.4 Å². The van der Waals surface area contributed by atoms with E-state index in [1.165, 1.54) is 18.9 Å². The van der Waals surface area contributed by atoms with Gasteiger partial charge < -0.3 is 14.7 Å². The number of oxime groups is 1. The third kappa shape index (κ3) is 2.17. The molecular formula is C23H33NO4. The van der Waals surface area contributed by atoms with Crippen molar-refractivity contribution >= 4 is 11.7 Å². The summed E-state index contributed by atoms with van der Waals surface area (Å²) in [6.45, 7) is 8.29. The van der Waals surface area contributed by atoms with Crippen molar-refractivity contribution in [3.63, 3.8) is 0 Å². The van der Waals surface area contributed by atoms with Gasteiger partial charge in [-0.3, -0.25) is 4.79 Å². The number of allylic oxidation sites excluding steroid dienone is 1. The molecule has 5 aliphatic rings. The van der Waals surface area contributed by atoms with E-state index in [2.05, 4.69) is 25.1 Å². The minimum Gasteiger partial charge on any atom is -0.462 e. The van der Waals surface area contributed by atoms with E-state index in [0.29, 0.717) is 17.8 Å². The molecule has 0 aromatic heterocycles. The first-order valence-corrected chi connectivity index (χ1v) is 11.0. The molecule has 0 aromatic carbocycles. The maximum Gasteiger partial charge on any atom is 0.302 e. The second-order valence-electron chi connectivity index (χ2n) is 10.5. The molecule has 0 spiro atoms. The monoisotopic (exact) mass is 387 g/mol. The number of fused-ring (bicyclic) bond motifs is 7. The summed E-state index contributed by atoms with van der Waals surface area (Å²) in [4.78, 5) is 11.4. The highest BCUT2D eigenvalue weighted by Gasteiger charge is 2.78. The summed E-state index contributed by atoms with van der Waals surface area (Å²) >= 11 is 0. The zero-order valence-corrected chi connectivity index (χ0v) is 17.5. The number of hydrogen-bond donors (Lipinski definition) is 1. The fourth-order valence-corrected chi connectivity index (χ4v) is 8.12. The van der Waals surface area contributed by atoms with Crippen LogP contribution in [0.3, 0.4) is 0 Å². The fourth-order valence-electron chi connectivity index (χ4n) is 8.12. The van der Waals surface area contributed by atoms with Crippen LogP contribution in [0, 0.1) is 28.6 Å². The molecule has 4 aliphatic carbocycles. The first kappa shape index (κ1) is 18.7. The van der Waals surface area contributed by atoms with Gasteiger partial charge in [0.15, 0.2) is 0 Å². The van der Waals surface area contributed by atoms with Crippen LogP contribution in [0.1, 0.15) is 72.6 Å². The number of ether oxygens (including phenoxy) is 2. The molecule has 28 heavy (non-hydrogen) atoms. The molecule has 1 N–H and O–H groups in total. The summed E-state index contributed by atoms with van der Waals surface area (Å²) in [6, 6.07) is 0. The lowest BCUT2D eigenvalue weighted by Crippen LogP contribution is -2.54. The Morgan fingerprint density at radius 1 is 1.25 bits per heavy atom. The van der Waals surface area contributed by atoms with Crippen molar-refractivity contribution in [1.29, 1.82) is 0 Å². The van der Waals surface area contributed by atoms with Crippen LogP contribution in [-0.2, 0) is 14.3 Å². The van der Waals surface area contributed by atoms with Crippen molar-refractivity contribution in [2.24, 2.45) is 33.7 Å². The van der Waals surface area contributed by atoms with Gasteiger partial charge in [0.1, 0.15) is 11.7 Å². The van der Waals surface area contributed by atoms with E-state index in [0.717, 1.165) is 44.2 Å². The Morgan fingerprint density at radius 3 is 2.75 bits per heavy atom. The molecule has 1 heterocycles. The van der Waals surface area contributed by atoms with Crippen molar-refractivity contribution in [2.75, 3.05) is 0 Å². The summed E-state index contributed by atoms with van der Waals surface area (Å²) in [5.41, 5.74) is 2.28. The predicted molar refractivity (Wildman–Crippen MR) is 105 cm³/mol. The lowest BCUT2D eigenvalue weighted by Gasteiger charge is -2.58. The van der Waals surface area contributed by atoms with Crippen LogP contribution in [0.4, 0.5) is 0 Å². The quantitative estimate of drug-likeness (QED) is 0.189. The average molecular weight is 388 g/mol. The molecule has 0 radical (unpaired) electrons. The molecule has 154 valence electrons. The first-order chi connectivity index (χ1) is 13.3. The second kappa shape index (κ2) is 5.84. The molecule has 0 bridgehead atoms. The van der Waals surface area contributed by atoms with Crippen molar-refractivity contribution in [3.8, 4) is 0 Å². The number of esters is 1. The van der Waals surface area contributed by atoms with Crippen LogP contribution in [0.2, 0.25) is 0 Å². The van der Waals surface area contributed by atoms with Crippen molar-refractivity contribution in [3.05, 3.63) is 11.6 Å². The molecule has 3 saturated carbocycles. The fraction of sp³-hybridized carbons (Fsp3) is 0.826. The molecule has 1 saturated heterocycles. The summed E-state index contributed by atoms with van der Waals surface area (Å²) in [5, 5.41) is 13.0. The Morgan fingerprint density at radius 2 is 2.04 bits per heavy atom. The zero-order chi connectivity index (χ0) is 19.9. The number of rotatable bonds is 2. The summed E-state index contributed by atoms with van der Waals surface area (Å²) in [7, 11) is 0. The summed E-state index contributed by atoms with van der Waals surface area (Å²) in [6.07, 6.45) is 10.3. The highest BCUT2D eigenvalue weighted by Crippen LogP contribution is 2.73. The number of nitrogens with zero attached hydrogens (tertiary/aromatic N) is 1. The van der Waals surface area contributed by atoms with E-state index in [4.69, 9.17) is 9.47 Å². The lowest BCUT2D eigenvalue weighted by molar-refractivity contribution is -0.148. The first-order valence-electron chi connectivity index (χ1n) is 11.0. The normalized spacial score (nSPS) is 51.9. The van der Waals surface area contributed by atoms with E-state index >= 15 is 0 Å². The third-order valence-electron chi connectivity index (χ3n) is 9.51. The topological polar surface area (TPSA) is 71.4 Å². The Balaban J connectivity index is 1.43. The Kier molecular flexibility index (Phi) is 3.89. The highest BCUT2D eigenvalue weighted by molar-refractivity contribution is 5.94. The largest absolute Gasteiger partial charge is 0.462 e. The Labute approximate surface area is 167 Å². The van der Waals surface area contributed by atoms with Gasteiger partial charge in [-0.25, -0.2) is 0 Å². The predicted octanol–water partition coefficient (Wildman–Crippen LogP) is 4.48. The van der Waals surface area contributed by atoms with E-state index < -0.39 is 0 Å². The van der Waals surface area contributed by atoms with Crippen LogP contribution in [0.5, 0.6) is 0 Å². The molecule has 8 atom stereocenters. The third-order valence-corrected chi connectivity index (χ3v) is 9.51. The summed E-state index contributed by atoms with van der Waals surface area (Å²) < 4.78 is 11.7. The van der Waals surface area contributed by atoms with Crippen LogP contribution in [0.15, 0.2) is 16.8 Å². The smallest absolute Gasteiger partial charge is 0.302 e. The standard InChI is InChI=1S/C23H33NO4/c1-13(24-26)23-20(28-23)12-19-17-6-5-15-11-16(27-14(2)25)7-9-21(15,3)18(17)8-10-22(19,23)4/h5,16-20,26H,6-12H2,1-4H3/t16?,17-,18+,19+,20?,21+,22+,23-/m1/s1. The molecule has 1 aliphatic heterocycles. The number of carbonyl (C=O) groups is 1. The summed E-state index contributed by atoms with van der Waals surface area (Å²) in [5.74, 6) is 1.84. The molecule has 5 nitrogen and oxygen atoms in total. The average Bonchev–Trinajstić information content (AvgIpc) is 3.33. The van der Waals surface area contributed by atoms with Crippen LogP contribution < -0.4 is 0 Å². The van der Waals surface area contributed by atoms with E-state index in [1.54, 1.807) is 0 Å². The molecular weight excluding hydrogens is 354 g/mol. The van der Waals surface area contributed by atoms with E-state index in [-0.39, 0.29) is 34.6 Å². The van der Waals surface area contributed by atoms with Gasteiger partial charge in [-0.1, -0.05) is 30.7 Å². The minimum absolute atomic E-state index is 0.0569. The Hall–Kier alpha value is -1.36. The van der Waals surface area contributed by atoms with Crippen LogP contribution >= 0.6 is 0 Å². The second-order valence-corrected chi connectivity index (χ2v) is 10.5. The molecule has 2 unspecified atom stereocenters. The zero-order valence-electron chi connectivity index (χ0n) is 17.5. The van der Waals surface area contributed by atoms with Gasteiger partial charge >= 0.3 is 5.97 Å². The van der Waals surface area contributed by atoms with Crippen molar-refractivity contribution < 1.29 is 19.5 Å². The van der Waals surface area contributed by atoms with Crippen molar-refractivity contribution in [1.82, 2.24) is 0 Å². The Bertz CT molecular complexity index is 775. The maximum atomic E-state index is 11.4. The van der Waals surface area contributed by atoms with Gasteiger partial charge in [-0.05, 0) is 68.6 Å². The van der Waals surface area contributed by atoms with Gasteiger partial charge in [-0.15, -0.1) is 0 Å². The number of carbonyl (C=O) groups excluding carboxylic acids is 1. The highest BCUT2D eigenvalue weighted by atomic mass is 16.6.